The Bertz CT molecular complexity index is 1170. The SMILES string of the molecule is O=C(NCCc1ccccc1)[C@@H]1c2ccccc2C(=O)N(C2CCCC2)[C@H]1c1cccc[n+]1[O-]. The molecular weight excluding hydrogens is 426 g/mol. The third kappa shape index (κ3) is 4.16. The molecule has 174 valence electrons. The van der Waals surface area contributed by atoms with Crippen LogP contribution in [0.4, 0.5) is 0 Å². The zero-order chi connectivity index (χ0) is 23.5. The van der Waals surface area contributed by atoms with Crippen LogP contribution < -0.4 is 10.0 Å². The molecule has 2 heterocycles. The van der Waals surface area contributed by atoms with Gasteiger partial charge in [-0.1, -0.05) is 61.4 Å². The molecule has 1 aromatic heterocycles. The van der Waals surface area contributed by atoms with E-state index in [1.807, 2.05) is 53.4 Å². The summed E-state index contributed by atoms with van der Waals surface area (Å²) in [4.78, 5) is 29.3. The van der Waals surface area contributed by atoms with Crippen molar-refractivity contribution in [1.82, 2.24) is 10.2 Å². The number of benzene rings is 2. The Morgan fingerprint density at radius 3 is 2.44 bits per heavy atom. The van der Waals surface area contributed by atoms with E-state index in [-0.39, 0.29) is 17.9 Å². The highest BCUT2D eigenvalue weighted by Crippen LogP contribution is 2.45. The Morgan fingerprint density at radius 1 is 0.971 bits per heavy atom. The van der Waals surface area contributed by atoms with Crippen molar-refractivity contribution < 1.29 is 14.3 Å². The van der Waals surface area contributed by atoms with Crippen molar-refractivity contribution in [1.29, 1.82) is 0 Å². The largest absolute Gasteiger partial charge is 0.618 e. The summed E-state index contributed by atoms with van der Waals surface area (Å²) in [6.07, 6.45) is 6.02. The number of hydrogen-bond donors (Lipinski definition) is 1. The molecule has 6 nitrogen and oxygen atoms in total. The standard InChI is InChI=1S/C28H29N3O3/c32-27(29-18-17-20-10-2-1-3-11-20)25-22-14-6-7-15-23(22)28(33)31(21-12-4-5-13-21)26(25)24-16-8-9-19-30(24)34/h1-3,6-11,14-16,19,21,25-26H,4-5,12-13,17-18H2,(H,29,32)/t25-,26+/m1/s1. The van der Waals surface area contributed by atoms with Crippen LogP contribution in [0.3, 0.4) is 0 Å². The van der Waals surface area contributed by atoms with Gasteiger partial charge >= 0.3 is 0 Å². The quantitative estimate of drug-likeness (QED) is 0.452. The molecule has 0 spiro atoms. The number of fused-ring (bicyclic) bond motifs is 1. The first-order valence-corrected chi connectivity index (χ1v) is 12.1. The van der Waals surface area contributed by atoms with Gasteiger partial charge in [0, 0.05) is 30.3 Å². The molecule has 2 atom stereocenters. The van der Waals surface area contributed by atoms with Gasteiger partial charge in [0.15, 0.2) is 6.20 Å². The molecule has 1 fully saturated rings. The van der Waals surface area contributed by atoms with Gasteiger partial charge in [0.1, 0.15) is 6.04 Å². The molecule has 1 aliphatic carbocycles. The van der Waals surface area contributed by atoms with Crippen LogP contribution in [0.5, 0.6) is 0 Å². The molecule has 2 amide bonds. The van der Waals surface area contributed by atoms with Crippen LogP contribution >= 0.6 is 0 Å². The molecular formula is C28H29N3O3. The Kier molecular flexibility index (Phi) is 6.30. The molecule has 1 saturated carbocycles. The maximum absolute atomic E-state index is 13.8. The number of carbonyl (C=O) groups is 2. The third-order valence-electron chi connectivity index (χ3n) is 7.09. The van der Waals surface area contributed by atoms with E-state index in [0.29, 0.717) is 29.8 Å². The van der Waals surface area contributed by atoms with Gasteiger partial charge in [-0.05, 0) is 42.5 Å². The van der Waals surface area contributed by atoms with E-state index >= 15 is 0 Å². The van der Waals surface area contributed by atoms with Gasteiger partial charge in [-0.2, -0.15) is 4.73 Å². The average Bonchev–Trinajstić information content (AvgIpc) is 3.39. The zero-order valence-electron chi connectivity index (χ0n) is 19.1. The second kappa shape index (κ2) is 9.67. The Balaban J connectivity index is 1.54. The minimum absolute atomic E-state index is 0.0191. The molecule has 0 saturated heterocycles. The average molecular weight is 456 g/mol. The minimum atomic E-state index is -0.659. The number of hydrogen-bond acceptors (Lipinski definition) is 3. The number of rotatable bonds is 6. The summed E-state index contributed by atoms with van der Waals surface area (Å²) in [6, 6.07) is 21.9. The lowest BCUT2D eigenvalue weighted by Crippen LogP contribution is -2.53. The van der Waals surface area contributed by atoms with Crippen LogP contribution in [-0.4, -0.2) is 29.3 Å². The lowest BCUT2D eigenvalue weighted by molar-refractivity contribution is -0.617. The van der Waals surface area contributed by atoms with Gasteiger partial charge in [-0.3, -0.25) is 9.59 Å². The van der Waals surface area contributed by atoms with E-state index in [1.54, 1.807) is 24.3 Å². The van der Waals surface area contributed by atoms with Crippen molar-refractivity contribution in [3.63, 3.8) is 0 Å². The van der Waals surface area contributed by atoms with E-state index in [1.165, 1.54) is 6.20 Å². The van der Waals surface area contributed by atoms with E-state index in [9.17, 15) is 14.8 Å². The molecule has 2 aliphatic rings. The number of amides is 2. The summed E-state index contributed by atoms with van der Waals surface area (Å²) in [6.45, 7) is 0.484. The fourth-order valence-electron chi connectivity index (χ4n) is 5.49. The van der Waals surface area contributed by atoms with Crippen molar-refractivity contribution in [3.8, 4) is 0 Å². The molecule has 6 heteroatoms. The highest BCUT2D eigenvalue weighted by atomic mass is 16.5. The summed E-state index contributed by atoms with van der Waals surface area (Å²) in [7, 11) is 0. The van der Waals surface area contributed by atoms with E-state index in [0.717, 1.165) is 36.0 Å². The summed E-state index contributed by atoms with van der Waals surface area (Å²) >= 11 is 0. The van der Waals surface area contributed by atoms with Crippen LogP contribution in [0, 0.1) is 5.21 Å². The molecule has 34 heavy (non-hydrogen) atoms. The number of nitrogens with zero attached hydrogens (tertiary/aromatic N) is 2. The van der Waals surface area contributed by atoms with Gasteiger partial charge in [0.2, 0.25) is 11.6 Å². The number of pyridine rings is 1. The van der Waals surface area contributed by atoms with Crippen LogP contribution in [-0.2, 0) is 11.2 Å². The van der Waals surface area contributed by atoms with Crippen LogP contribution in [0.25, 0.3) is 0 Å². The fraction of sp³-hybridized carbons (Fsp3) is 0.321. The first-order chi connectivity index (χ1) is 16.6. The minimum Gasteiger partial charge on any atom is -0.618 e. The fourth-order valence-corrected chi connectivity index (χ4v) is 5.49. The zero-order valence-corrected chi connectivity index (χ0v) is 19.1. The van der Waals surface area contributed by atoms with Gasteiger partial charge < -0.3 is 15.4 Å². The van der Waals surface area contributed by atoms with Crippen molar-refractivity contribution >= 4 is 11.8 Å². The third-order valence-corrected chi connectivity index (χ3v) is 7.09. The smallest absolute Gasteiger partial charge is 0.255 e. The van der Waals surface area contributed by atoms with Gasteiger partial charge in [-0.15, -0.1) is 0 Å². The summed E-state index contributed by atoms with van der Waals surface area (Å²) < 4.78 is 0.804. The molecule has 5 rings (SSSR count). The molecule has 2 aromatic carbocycles. The first kappa shape index (κ1) is 22.1. The summed E-state index contributed by atoms with van der Waals surface area (Å²) in [5.74, 6) is -0.912. The first-order valence-electron chi connectivity index (χ1n) is 12.1. The maximum Gasteiger partial charge on any atom is 0.255 e. The second-order valence-corrected chi connectivity index (χ2v) is 9.14. The monoisotopic (exact) mass is 455 g/mol. The normalized spacial score (nSPS) is 20.2. The van der Waals surface area contributed by atoms with Crippen LogP contribution in [0.2, 0.25) is 0 Å². The van der Waals surface area contributed by atoms with Crippen LogP contribution in [0.15, 0.2) is 79.0 Å². The van der Waals surface area contributed by atoms with Crippen LogP contribution in [0.1, 0.15) is 64.8 Å². The van der Waals surface area contributed by atoms with Gasteiger partial charge in [0.25, 0.3) is 5.91 Å². The van der Waals surface area contributed by atoms with E-state index in [2.05, 4.69) is 5.32 Å². The maximum atomic E-state index is 13.8. The second-order valence-electron chi connectivity index (χ2n) is 9.14. The number of aromatic nitrogens is 1. The highest BCUT2D eigenvalue weighted by molar-refractivity contribution is 6.01. The van der Waals surface area contributed by atoms with Gasteiger partial charge in [0.05, 0.1) is 5.92 Å². The predicted octanol–water partition coefficient (Wildman–Crippen LogP) is 3.90. The van der Waals surface area contributed by atoms with E-state index in [4.69, 9.17) is 0 Å². The molecule has 0 unspecified atom stereocenters. The molecule has 3 aromatic rings. The van der Waals surface area contributed by atoms with Crippen molar-refractivity contribution in [3.05, 3.63) is 107 Å². The Morgan fingerprint density at radius 2 is 1.68 bits per heavy atom. The highest BCUT2D eigenvalue weighted by Gasteiger charge is 2.49. The lowest BCUT2D eigenvalue weighted by atomic mass is 9.79. The summed E-state index contributed by atoms with van der Waals surface area (Å²) in [5.41, 5.74) is 2.82. The predicted molar refractivity (Wildman–Crippen MR) is 129 cm³/mol. The Labute approximate surface area is 199 Å². The van der Waals surface area contributed by atoms with Crippen molar-refractivity contribution in [2.45, 2.75) is 50.1 Å². The topological polar surface area (TPSA) is 76.4 Å². The number of nitrogens with one attached hydrogen (secondary N) is 1. The van der Waals surface area contributed by atoms with Crippen molar-refractivity contribution in [2.75, 3.05) is 6.54 Å². The number of carbonyl (C=O) groups excluding carboxylic acids is 2. The summed E-state index contributed by atoms with van der Waals surface area (Å²) in [5, 5.41) is 16.0. The molecule has 1 aliphatic heterocycles. The van der Waals surface area contributed by atoms with Crippen molar-refractivity contribution in [2.24, 2.45) is 0 Å². The lowest BCUT2D eigenvalue weighted by Gasteiger charge is -2.43. The Hall–Kier alpha value is -3.67. The van der Waals surface area contributed by atoms with Gasteiger partial charge in [-0.25, -0.2) is 0 Å². The molecule has 1 N–H and O–H groups in total. The molecule has 0 radical (unpaired) electrons. The molecule has 0 bridgehead atoms. The van der Waals surface area contributed by atoms with E-state index < -0.39 is 12.0 Å².